The summed E-state index contributed by atoms with van der Waals surface area (Å²) in [5.41, 5.74) is 1.69. The van der Waals surface area contributed by atoms with E-state index in [1.54, 1.807) is 30.5 Å². The van der Waals surface area contributed by atoms with Gasteiger partial charge in [0.15, 0.2) is 0 Å². The Labute approximate surface area is 222 Å². The minimum Gasteiger partial charge on any atom is -0.348 e. The van der Waals surface area contributed by atoms with E-state index in [-0.39, 0.29) is 5.82 Å². The maximum absolute atomic E-state index is 12.5. The largest absolute Gasteiger partial charge is 0.471 e. The standard InChI is InChI=1S/C23H22Cl3N4O5P/c1-16(28-22(23(24,25)26)29-20(31)13-12-17-7-3-2-4-8-17)30(15-35-36(32,33)34)19-11-5-9-18-10-6-14-27-21(18)19/h2-14,22,28H,1,15H2,(H,29,31)(H2,32,33,34)/b13-12+. The van der Waals surface area contributed by atoms with Crippen LogP contribution in [0.1, 0.15) is 5.56 Å². The van der Waals surface area contributed by atoms with Crippen LogP contribution < -0.4 is 15.5 Å². The molecule has 1 atom stereocenters. The average Bonchev–Trinajstić information content (AvgIpc) is 2.82. The monoisotopic (exact) mass is 570 g/mol. The van der Waals surface area contributed by atoms with Crippen molar-refractivity contribution < 1.29 is 23.7 Å². The second-order valence-electron chi connectivity index (χ2n) is 7.35. The van der Waals surface area contributed by atoms with E-state index >= 15 is 0 Å². The van der Waals surface area contributed by atoms with Crippen LogP contribution in [0.3, 0.4) is 0 Å². The fraction of sp³-hybridized carbons (Fsp3) is 0.130. The first kappa shape index (κ1) is 28.0. The van der Waals surface area contributed by atoms with Gasteiger partial charge >= 0.3 is 7.82 Å². The van der Waals surface area contributed by atoms with Crippen molar-refractivity contribution in [2.75, 3.05) is 11.6 Å². The van der Waals surface area contributed by atoms with Crippen LogP contribution in [0.5, 0.6) is 0 Å². The number of halogens is 3. The lowest BCUT2D eigenvalue weighted by Crippen LogP contribution is -2.54. The van der Waals surface area contributed by atoms with Crippen LogP contribution in [0.4, 0.5) is 5.69 Å². The summed E-state index contributed by atoms with van der Waals surface area (Å²) in [6.45, 7) is 3.28. The van der Waals surface area contributed by atoms with Crippen molar-refractivity contribution in [1.82, 2.24) is 15.6 Å². The second-order valence-corrected chi connectivity index (χ2v) is 11.0. The molecule has 13 heteroatoms. The molecule has 3 aromatic rings. The average molecular weight is 572 g/mol. The minimum absolute atomic E-state index is 0.00488. The third-order valence-corrected chi connectivity index (χ3v) is 5.84. The topological polar surface area (TPSA) is 124 Å². The summed E-state index contributed by atoms with van der Waals surface area (Å²) in [7, 11) is -4.86. The number of carbonyl (C=O) groups excluding carboxylic acids is 1. The van der Waals surface area contributed by atoms with E-state index < -0.39 is 30.4 Å². The quantitative estimate of drug-likeness (QED) is 0.120. The van der Waals surface area contributed by atoms with Crippen LogP contribution in [0.2, 0.25) is 0 Å². The molecule has 4 N–H and O–H groups in total. The van der Waals surface area contributed by atoms with Gasteiger partial charge in [0.2, 0.25) is 9.70 Å². The number of carbonyl (C=O) groups is 1. The highest BCUT2D eigenvalue weighted by molar-refractivity contribution is 7.46. The third kappa shape index (κ3) is 8.21. The Hall–Kier alpha value is -2.62. The van der Waals surface area contributed by atoms with Crippen LogP contribution >= 0.6 is 42.6 Å². The van der Waals surface area contributed by atoms with Crippen molar-refractivity contribution in [3.63, 3.8) is 0 Å². The van der Waals surface area contributed by atoms with E-state index in [2.05, 4.69) is 22.2 Å². The first-order valence-electron chi connectivity index (χ1n) is 10.3. The number of phosphoric ester groups is 1. The zero-order chi connectivity index (χ0) is 26.3. The Bertz CT molecular complexity index is 1290. The summed E-state index contributed by atoms with van der Waals surface area (Å²) in [5, 5.41) is 6.09. The van der Waals surface area contributed by atoms with Crippen LogP contribution in [0.15, 0.2) is 85.3 Å². The normalized spacial score (nSPS) is 12.9. The highest BCUT2D eigenvalue weighted by Crippen LogP contribution is 2.38. The number of alkyl halides is 3. The predicted molar refractivity (Wildman–Crippen MR) is 142 cm³/mol. The van der Waals surface area contributed by atoms with E-state index in [0.717, 1.165) is 10.9 Å². The van der Waals surface area contributed by atoms with Crippen LogP contribution in [-0.2, 0) is 13.9 Å². The molecule has 1 unspecified atom stereocenters. The number of pyridine rings is 1. The number of anilines is 1. The maximum Gasteiger partial charge on any atom is 0.471 e. The van der Waals surface area contributed by atoms with Crippen molar-refractivity contribution in [2.45, 2.75) is 9.96 Å². The molecule has 1 amide bonds. The van der Waals surface area contributed by atoms with Gasteiger partial charge in [-0.05, 0) is 23.8 Å². The van der Waals surface area contributed by atoms with Gasteiger partial charge in [-0.1, -0.05) is 89.9 Å². The van der Waals surface area contributed by atoms with Crippen molar-refractivity contribution in [3.8, 4) is 0 Å². The van der Waals surface area contributed by atoms with Crippen LogP contribution in [0.25, 0.3) is 17.0 Å². The Morgan fingerprint density at radius 1 is 1.11 bits per heavy atom. The molecule has 0 bridgehead atoms. The molecule has 0 saturated carbocycles. The smallest absolute Gasteiger partial charge is 0.348 e. The molecule has 190 valence electrons. The van der Waals surface area contributed by atoms with Crippen molar-refractivity contribution in [1.29, 1.82) is 0 Å². The molecule has 3 rings (SSSR count). The maximum atomic E-state index is 12.5. The van der Waals surface area contributed by atoms with Crippen LogP contribution in [0, 0.1) is 0 Å². The SMILES string of the molecule is C=C(NC(NC(=O)/C=C/c1ccccc1)C(Cl)(Cl)Cl)N(COP(=O)(O)O)c1cccc2cccnc12. The molecule has 0 aliphatic heterocycles. The highest BCUT2D eigenvalue weighted by Gasteiger charge is 2.35. The van der Waals surface area contributed by atoms with E-state index in [1.807, 2.05) is 42.5 Å². The number of fused-ring (bicyclic) bond motifs is 1. The van der Waals surface area contributed by atoms with Crippen molar-refractivity contribution >= 4 is 71.2 Å². The minimum atomic E-state index is -4.86. The van der Waals surface area contributed by atoms with Gasteiger partial charge in [0.25, 0.3) is 0 Å². The fourth-order valence-corrected chi connectivity index (χ4v) is 3.70. The van der Waals surface area contributed by atoms with E-state index in [4.69, 9.17) is 39.3 Å². The van der Waals surface area contributed by atoms with Gasteiger partial charge in [-0.15, -0.1) is 0 Å². The zero-order valence-corrected chi connectivity index (χ0v) is 21.8. The number of amides is 1. The first-order valence-corrected chi connectivity index (χ1v) is 13.0. The summed E-state index contributed by atoms with van der Waals surface area (Å²) in [6, 6.07) is 17.9. The van der Waals surface area contributed by atoms with Crippen LogP contribution in [-0.4, -0.2) is 37.4 Å². The molecular weight excluding hydrogens is 550 g/mol. The molecule has 0 spiro atoms. The lowest BCUT2D eigenvalue weighted by Gasteiger charge is -2.33. The number of phosphoric acid groups is 1. The van der Waals surface area contributed by atoms with Crippen molar-refractivity contribution in [3.05, 3.63) is 90.9 Å². The van der Waals surface area contributed by atoms with Gasteiger partial charge in [-0.25, -0.2) is 4.57 Å². The molecular formula is C23H22Cl3N4O5P. The summed E-state index contributed by atoms with van der Waals surface area (Å²) in [6.07, 6.45) is 3.13. The molecule has 1 heterocycles. The number of hydrogen-bond donors (Lipinski definition) is 4. The fourth-order valence-electron chi connectivity index (χ4n) is 3.10. The van der Waals surface area contributed by atoms with Gasteiger partial charge in [0, 0.05) is 17.7 Å². The molecule has 9 nitrogen and oxygen atoms in total. The van der Waals surface area contributed by atoms with Gasteiger partial charge < -0.3 is 25.3 Å². The third-order valence-electron chi connectivity index (χ3n) is 4.73. The van der Waals surface area contributed by atoms with Gasteiger partial charge in [0.1, 0.15) is 18.7 Å². The number of para-hydroxylation sites is 1. The number of rotatable bonds is 10. The van der Waals surface area contributed by atoms with E-state index in [1.165, 1.54) is 11.0 Å². The number of benzene rings is 2. The predicted octanol–water partition coefficient (Wildman–Crippen LogP) is 4.69. The zero-order valence-electron chi connectivity index (χ0n) is 18.6. The molecule has 36 heavy (non-hydrogen) atoms. The van der Waals surface area contributed by atoms with E-state index in [0.29, 0.717) is 11.2 Å². The van der Waals surface area contributed by atoms with Crippen molar-refractivity contribution in [2.24, 2.45) is 0 Å². The lowest BCUT2D eigenvalue weighted by molar-refractivity contribution is -0.117. The van der Waals surface area contributed by atoms with Gasteiger partial charge in [0.05, 0.1) is 11.2 Å². The summed E-state index contributed by atoms with van der Waals surface area (Å²) in [4.78, 5) is 36.7. The Morgan fingerprint density at radius 3 is 2.47 bits per heavy atom. The molecule has 1 aromatic heterocycles. The number of nitrogens with zero attached hydrogens (tertiary/aromatic N) is 2. The summed E-state index contributed by atoms with van der Waals surface area (Å²) in [5.74, 6) is -0.564. The molecule has 0 radical (unpaired) electrons. The summed E-state index contributed by atoms with van der Waals surface area (Å²) >= 11 is 18.3. The molecule has 0 saturated heterocycles. The Kier molecular flexibility index (Phi) is 9.38. The first-order chi connectivity index (χ1) is 16.9. The molecule has 0 aliphatic carbocycles. The van der Waals surface area contributed by atoms with Gasteiger partial charge in [-0.2, -0.15) is 0 Å². The molecule has 0 fully saturated rings. The molecule has 2 aromatic carbocycles. The summed E-state index contributed by atoms with van der Waals surface area (Å²) < 4.78 is 14.1. The number of nitrogens with one attached hydrogen (secondary N) is 2. The second kappa shape index (κ2) is 12.1. The highest BCUT2D eigenvalue weighted by atomic mass is 35.6. The van der Waals surface area contributed by atoms with E-state index in [9.17, 15) is 19.1 Å². The number of aromatic nitrogens is 1. The Balaban J connectivity index is 1.86. The Morgan fingerprint density at radius 2 is 1.81 bits per heavy atom. The molecule has 0 aliphatic rings. The lowest BCUT2D eigenvalue weighted by atomic mass is 10.2. The van der Waals surface area contributed by atoms with Gasteiger partial charge in [-0.3, -0.25) is 14.3 Å². The number of hydrogen-bond acceptors (Lipinski definition) is 6.